The molecule has 160 valence electrons. The standard InChI is InChI=1S/C22H26Cl2N4O2/c1-16-5-7-17(8-6-16)25-21(30)15-28-13-11-27(12-14-28)10-9-20(29)26-22-18(23)3-2-4-19(22)24/h2-8H,9-15H2,1H3,(H,25,30)(H,26,29). The highest BCUT2D eigenvalue weighted by Crippen LogP contribution is 2.29. The Kier molecular flexibility index (Phi) is 8.10. The number of para-hydroxylation sites is 1. The van der Waals surface area contributed by atoms with Gasteiger partial charge in [-0.2, -0.15) is 0 Å². The summed E-state index contributed by atoms with van der Waals surface area (Å²) in [6.07, 6.45) is 0.357. The number of carbonyl (C=O) groups is 2. The fourth-order valence-corrected chi connectivity index (χ4v) is 3.78. The van der Waals surface area contributed by atoms with E-state index in [2.05, 4.69) is 20.4 Å². The summed E-state index contributed by atoms with van der Waals surface area (Å²) >= 11 is 12.2. The molecule has 0 atom stereocenters. The van der Waals surface area contributed by atoms with Crippen LogP contribution in [0.1, 0.15) is 12.0 Å². The summed E-state index contributed by atoms with van der Waals surface area (Å²) in [5.41, 5.74) is 2.43. The molecule has 2 N–H and O–H groups in total. The predicted molar refractivity (Wildman–Crippen MR) is 122 cm³/mol. The Morgan fingerprint density at radius 1 is 0.867 bits per heavy atom. The summed E-state index contributed by atoms with van der Waals surface area (Å²) in [6, 6.07) is 12.9. The average Bonchev–Trinajstić information content (AvgIpc) is 2.72. The Morgan fingerprint density at radius 3 is 2.10 bits per heavy atom. The number of nitrogens with zero attached hydrogens (tertiary/aromatic N) is 2. The first-order valence-electron chi connectivity index (χ1n) is 9.96. The van der Waals surface area contributed by atoms with Gasteiger partial charge in [0.15, 0.2) is 0 Å². The number of hydrogen-bond donors (Lipinski definition) is 2. The molecule has 2 amide bonds. The van der Waals surface area contributed by atoms with Gasteiger partial charge in [-0.15, -0.1) is 0 Å². The number of amides is 2. The van der Waals surface area contributed by atoms with Gasteiger partial charge in [-0.05, 0) is 31.2 Å². The van der Waals surface area contributed by atoms with E-state index in [1.807, 2.05) is 31.2 Å². The van der Waals surface area contributed by atoms with Crippen molar-refractivity contribution in [1.82, 2.24) is 9.80 Å². The van der Waals surface area contributed by atoms with Crippen LogP contribution in [0.5, 0.6) is 0 Å². The van der Waals surface area contributed by atoms with Crippen molar-refractivity contribution in [3.63, 3.8) is 0 Å². The van der Waals surface area contributed by atoms with Gasteiger partial charge in [-0.25, -0.2) is 0 Å². The number of benzene rings is 2. The number of carbonyl (C=O) groups excluding carboxylic acids is 2. The van der Waals surface area contributed by atoms with Crippen molar-refractivity contribution < 1.29 is 9.59 Å². The highest BCUT2D eigenvalue weighted by Gasteiger charge is 2.20. The minimum absolute atomic E-state index is 0.0108. The van der Waals surface area contributed by atoms with Crippen molar-refractivity contribution in [2.75, 3.05) is 49.9 Å². The quantitative estimate of drug-likeness (QED) is 0.674. The van der Waals surface area contributed by atoms with E-state index in [4.69, 9.17) is 23.2 Å². The van der Waals surface area contributed by atoms with E-state index < -0.39 is 0 Å². The summed E-state index contributed by atoms with van der Waals surface area (Å²) in [6.45, 7) is 6.25. The summed E-state index contributed by atoms with van der Waals surface area (Å²) in [7, 11) is 0. The third-order valence-corrected chi connectivity index (χ3v) is 5.68. The van der Waals surface area contributed by atoms with Gasteiger partial charge in [-0.1, -0.05) is 47.0 Å². The van der Waals surface area contributed by atoms with E-state index in [0.29, 0.717) is 35.2 Å². The first-order chi connectivity index (χ1) is 14.4. The Labute approximate surface area is 187 Å². The van der Waals surface area contributed by atoms with Gasteiger partial charge < -0.3 is 15.5 Å². The van der Waals surface area contributed by atoms with E-state index in [9.17, 15) is 9.59 Å². The van der Waals surface area contributed by atoms with Crippen LogP contribution in [0.25, 0.3) is 0 Å². The Hall–Kier alpha value is -2.12. The van der Waals surface area contributed by atoms with Crippen molar-refractivity contribution >= 4 is 46.4 Å². The Balaban J connectivity index is 1.36. The average molecular weight is 449 g/mol. The Bertz CT molecular complexity index is 861. The number of hydrogen-bond acceptors (Lipinski definition) is 4. The second-order valence-corrected chi connectivity index (χ2v) is 8.24. The second kappa shape index (κ2) is 10.8. The predicted octanol–water partition coefficient (Wildman–Crippen LogP) is 3.89. The van der Waals surface area contributed by atoms with Gasteiger partial charge in [-0.3, -0.25) is 14.5 Å². The number of aryl methyl sites for hydroxylation is 1. The molecule has 2 aromatic carbocycles. The molecule has 1 fully saturated rings. The zero-order chi connectivity index (χ0) is 21.5. The molecule has 0 spiro atoms. The fraction of sp³-hybridized carbons (Fsp3) is 0.364. The van der Waals surface area contributed by atoms with Crippen molar-refractivity contribution in [3.8, 4) is 0 Å². The zero-order valence-electron chi connectivity index (χ0n) is 17.0. The monoisotopic (exact) mass is 448 g/mol. The lowest BCUT2D eigenvalue weighted by molar-refractivity contribution is -0.117. The van der Waals surface area contributed by atoms with Crippen LogP contribution in [0.4, 0.5) is 11.4 Å². The van der Waals surface area contributed by atoms with Gasteiger partial charge in [0.1, 0.15) is 0 Å². The molecule has 8 heteroatoms. The van der Waals surface area contributed by atoms with E-state index >= 15 is 0 Å². The molecule has 30 heavy (non-hydrogen) atoms. The zero-order valence-corrected chi connectivity index (χ0v) is 18.5. The van der Waals surface area contributed by atoms with Crippen LogP contribution in [0.3, 0.4) is 0 Å². The molecular formula is C22H26Cl2N4O2. The number of anilines is 2. The largest absolute Gasteiger partial charge is 0.325 e. The van der Waals surface area contributed by atoms with Crippen molar-refractivity contribution in [2.45, 2.75) is 13.3 Å². The Morgan fingerprint density at radius 2 is 1.47 bits per heavy atom. The maximum atomic E-state index is 12.2. The van der Waals surface area contributed by atoms with E-state index in [0.717, 1.165) is 37.4 Å². The van der Waals surface area contributed by atoms with Crippen molar-refractivity contribution in [3.05, 3.63) is 58.1 Å². The number of rotatable bonds is 7. The topological polar surface area (TPSA) is 64.7 Å². The fourth-order valence-electron chi connectivity index (χ4n) is 3.29. The van der Waals surface area contributed by atoms with Crippen LogP contribution >= 0.6 is 23.2 Å². The molecule has 1 aliphatic heterocycles. The van der Waals surface area contributed by atoms with Crippen LogP contribution in [-0.2, 0) is 9.59 Å². The van der Waals surface area contributed by atoms with Gasteiger partial charge >= 0.3 is 0 Å². The minimum atomic E-state index is -0.120. The highest BCUT2D eigenvalue weighted by molar-refractivity contribution is 6.39. The van der Waals surface area contributed by atoms with Gasteiger partial charge in [0, 0.05) is 44.8 Å². The number of halogens is 2. The lowest BCUT2D eigenvalue weighted by atomic mass is 10.2. The van der Waals surface area contributed by atoms with Gasteiger partial charge in [0.2, 0.25) is 11.8 Å². The third-order valence-electron chi connectivity index (χ3n) is 5.05. The normalized spacial score (nSPS) is 15.0. The van der Waals surface area contributed by atoms with Crippen LogP contribution in [-0.4, -0.2) is 60.9 Å². The van der Waals surface area contributed by atoms with Crippen molar-refractivity contribution in [1.29, 1.82) is 0 Å². The molecule has 0 aliphatic carbocycles. The maximum absolute atomic E-state index is 12.2. The first-order valence-corrected chi connectivity index (χ1v) is 10.7. The number of piperazine rings is 1. The summed E-state index contributed by atoms with van der Waals surface area (Å²) in [4.78, 5) is 28.8. The molecule has 1 heterocycles. The minimum Gasteiger partial charge on any atom is -0.325 e. The first kappa shape index (κ1) is 22.6. The third kappa shape index (κ3) is 6.71. The molecule has 0 unspecified atom stereocenters. The smallest absolute Gasteiger partial charge is 0.238 e. The van der Waals surface area contributed by atoms with E-state index in [1.165, 1.54) is 0 Å². The van der Waals surface area contributed by atoms with Crippen LogP contribution < -0.4 is 10.6 Å². The molecule has 0 radical (unpaired) electrons. The molecule has 6 nitrogen and oxygen atoms in total. The molecule has 1 aliphatic rings. The number of nitrogens with one attached hydrogen (secondary N) is 2. The maximum Gasteiger partial charge on any atom is 0.238 e. The van der Waals surface area contributed by atoms with E-state index in [1.54, 1.807) is 18.2 Å². The molecule has 2 aromatic rings. The molecule has 1 saturated heterocycles. The summed E-state index contributed by atoms with van der Waals surface area (Å²) in [5, 5.41) is 6.57. The van der Waals surface area contributed by atoms with Crippen LogP contribution in [0, 0.1) is 6.92 Å². The summed E-state index contributed by atoms with van der Waals surface area (Å²) in [5.74, 6) is -0.131. The van der Waals surface area contributed by atoms with Gasteiger partial charge in [0.05, 0.1) is 22.3 Å². The molecule has 0 bridgehead atoms. The lowest BCUT2D eigenvalue weighted by Crippen LogP contribution is -2.49. The van der Waals surface area contributed by atoms with Gasteiger partial charge in [0.25, 0.3) is 0 Å². The molecular weight excluding hydrogens is 423 g/mol. The van der Waals surface area contributed by atoms with E-state index in [-0.39, 0.29) is 11.8 Å². The van der Waals surface area contributed by atoms with Crippen LogP contribution in [0.15, 0.2) is 42.5 Å². The molecule has 0 aromatic heterocycles. The lowest BCUT2D eigenvalue weighted by Gasteiger charge is -2.34. The summed E-state index contributed by atoms with van der Waals surface area (Å²) < 4.78 is 0. The highest BCUT2D eigenvalue weighted by atomic mass is 35.5. The SMILES string of the molecule is Cc1ccc(NC(=O)CN2CCN(CCC(=O)Nc3c(Cl)cccc3Cl)CC2)cc1. The molecule has 3 rings (SSSR count). The molecule has 0 saturated carbocycles. The van der Waals surface area contributed by atoms with Crippen LogP contribution in [0.2, 0.25) is 10.0 Å². The van der Waals surface area contributed by atoms with Crippen molar-refractivity contribution in [2.24, 2.45) is 0 Å². The second-order valence-electron chi connectivity index (χ2n) is 7.43.